The van der Waals surface area contributed by atoms with E-state index < -0.39 is 12.0 Å². The third kappa shape index (κ3) is 4.51. The summed E-state index contributed by atoms with van der Waals surface area (Å²) in [4.78, 5) is 33.7. The quantitative estimate of drug-likeness (QED) is 0.604. The van der Waals surface area contributed by atoms with Gasteiger partial charge in [-0.25, -0.2) is 9.59 Å². The number of hydrogen-bond acceptors (Lipinski definition) is 4. The molecule has 1 aromatic heterocycles. The lowest BCUT2D eigenvalue weighted by atomic mass is 10.2. The zero-order valence-electron chi connectivity index (χ0n) is 11.6. The SMILES string of the molecule is Cc1oc(CNC(=O)NCC(=O)NC2CC2)cc1C(=O)O. The Kier molecular flexibility index (Phi) is 4.46. The van der Waals surface area contributed by atoms with Gasteiger partial charge < -0.3 is 25.5 Å². The fourth-order valence-corrected chi connectivity index (χ4v) is 1.74. The fraction of sp³-hybridized carbons (Fsp3) is 0.462. The van der Waals surface area contributed by atoms with Crippen molar-refractivity contribution < 1.29 is 23.9 Å². The van der Waals surface area contributed by atoms with Crippen LogP contribution >= 0.6 is 0 Å². The van der Waals surface area contributed by atoms with Crippen LogP contribution in [0.4, 0.5) is 4.79 Å². The van der Waals surface area contributed by atoms with Crippen LogP contribution in [0.2, 0.25) is 0 Å². The van der Waals surface area contributed by atoms with E-state index in [-0.39, 0.29) is 36.4 Å². The highest BCUT2D eigenvalue weighted by Gasteiger charge is 2.23. The molecular formula is C13H17N3O5. The summed E-state index contributed by atoms with van der Waals surface area (Å²) in [6.07, 6.45) is 1.98. The Morgan fingerprint density at radius 3 is 2.62 bits per heavy atom. The Balaban J connectivity index is 1.71. The number of rotatable bonds is 6. The maximum Gasteiger partial charge on any atom is 0.339 e. The van der Waals surface area contributed by atoms with Gasteiger partial charge in [-0.1, -0.05) is 0 Å². The molecule has 1 saturated carbocycles. The van der Waals surface area contributed by atoms with Gasteiger partial charge in [0, 0.05) is 6.04 Å². The van der Waals surface area contributed by atoms with E-state index >= 15 is 0 Å². The standard InChI is InChI=1S/C13H17N3O5/c1-7-10(12(18)19)4-9(21-7)5-14-13(20)15-6-11(17)16-8-2-3-8/h4,8H,2-3,5-6H2,1H3,(H,16,17)(H,18,19)(H2,14,15,20). The van der Waals surface area contributed by atoms with Crippen LogP contribution in [0.3, 0.4) is 0 Å². The van der Waals surface area contributed by atoms with Gasteiger partial charge in [0.2, 0.25) is 5.91 Å². The number of carboxylic acids is 1. The fourth-order valence-electron chi connectivity index (χ4n) is 1.74. The second kappa shape index (κ2) is 6.29. The molecule has 0 spiro atoms. The van der Waals surface area contributed by atoms with Gasteiger partial charge in [-0.3, -0.25) is 4.79 Å². The zero-order chi connectivity index (χ0) is 15.4. The normalized spacial score (nSPS) is 13.6. The molecule has 0 aromatic carbocycles. The van der Waals surface area contributed by atoms with Crippen molar-refractivity contribution in [1.82, 2.24) is 16.0 Å². The summed E-state index contributed by atoms with van der Waals surface area (Å²) >= 11 is 0. The molecule has 21 heavy (non-hydrogen) atoms. The minimum atomic E-state index is -1.08. The number of carbonyl (C=O) groups is 3. The summed E-state index contributed by atoms with van der Waals surface area (Å²) in [7, 11) is 0. The van der Waals surface area contributed by atoms with Crippen LogP contribution in [-0.2, 0) is 11.3 Å². The topological polar surface area (TPSA) is 121 Å². The van der Waals surface area contributed by atoms with Crippen LogP contribution in [0.5, 0.6) is 0 Å². The number of urea groups is 1. The van der Waals surface area contributed by atoms with Crippen LogP contribution in [-0.4, -0.2) is 35.6 Å². The van der Waals surface area contributed by atoms with Crippen molar-refractivity contribution in [2.24, 2.45) is 0 Å². The third-order valence-corrected chi connectivity index (χ3v) is 2.97. The lowest BCUT2D eigenvalue weighted by Gasteiger charge is -2.06. The van der Waals surface area contributed by atoms with Gasteiger partial charge in [0.25, 0.3) is 0 Å². The number of carbonyl (C=O) groups excluding carboxylic acids is 2. The minimum Gasteiger partial charge on any atom is -0.478 e. The summed E-state index contributed by atoms with van der Waals surface area (Å²) in [5.41, 5.74) is 0.0658. The largest absolute Gasteiger partial charge is 0.478 e. The first kappa shape index (κ1) is 14.9. The smallest absolute Gasteiger partial charge is 0.339 e. The number of furan rings is 1. The van der Waals surface area contributed by atoms with Crippen molar-refractivity contribution in [3.63, 3.8) is 0 Å². The van der Waals surface area contributed by atoms with Crippen molar-refractivity contribution in [3.8, 4) is 0 Å². The molecule has 3 amide bonds. The molecule has 4 N–H and O–H groups in total. The summed E-state index contributed by atoms with van der Waals surface area (Å²) in [6, 6.07) is 1.09. The van der Waals surface area contributed by atoms with E-state index in [4.69, 9.17) is 9.52 Å². The van der Waals surface area contributed by atoms with Gasteiger partial charge in [0.05, 0.1) is 13.1 Å². The number of nitrogens with one attached hydrogen (secondary N) is 3. The number of amides is 3. The van der Waals surface area contributed by atoms with E-state index in [2.05, 4.69) is 16.0 Å². The van der Waals surface area contributed by atoms with Gasteiger partial charge in [0.1, 0.15) is 17.1 Å². The van der Waals surface area contributed by atoms with Gasteiger partial charge >= 0.3 is 12.0 Å². The monoisotopic (exact) mass is 295 g/mol. The number of aromatic carboxylic acids is 1. The highest BCUT2D eigenvalue weighted by Crippen LogP contribution is 2.18. The summed E-state index contributed by atoms with van der Waals surface area (Å²) in [6.45, 7) is 1.49. The molecule has 1 aromatic rings. The molecule has 0 aliphatic heterocycles. The zero-order valence-corrected chi connectivity index (χ0v) is 11.6. The van der Waals surface area contributed by atoms with Crippen molar-refractivity contribution in [2.45, 2.75) is 32.4 Å². The van der Waals surface area contributed by atoms with Crippen molar-refractivity contribution >= 4 is 17.9 Å². The molecule has 1 aliphatic carbocycles. The predicted molar refractivity (Wildman–Crippen MR) is 71.8 cm³/mol. The van der Waals surface area contributed by atoms with E-state index in [0.29, 0.717) is 5.76 Å². The molecule has 0 atom stereocenters. The second-order valence-corrected chi connectivity index (χ2v) is 4.87. The highest BCUT2D eigenvalue weighted by atomic mass is 16.4. The molecule has 0 radical (unpaired) electrons. The highest BCUT2D eigenvalue weighted by molar-refractivity contribution is 5.88. The van der Waals surface area contributed by atoms with E-state index in [1.54, 1.807) is 0 Å². The Bertz CT molecular complexity index is 562. The minimum absolute atomic E-state index is 0.0458. The van der Waals surface area contributed by atoms with Gasteiger partial charge in [0.15, 0.2) is 0 Å². The third-order valence-electron chi connectivity index (χ3n) is 2.97. The average Bonchev–Trinajstić information content (AvgIpc) is 3.14. The number of aryl methyl sites for hydroxylation is 1. The number of hydrogen-bond donors (Lipinski definition) is 4. The molecule has 114 valence electrons. The average molecular weight is 295 g/mol. The predicted octanol–water partition coefficient (Wildman–Crippen LogP) is 0.364. The maximum atomic E-state index is 11.5. The lowest BCUT2D eigenvalue weighted by molar-refractivity contribution is -0.120. The molecule has 2 rings (SSSR count). The van der Waals surface area contributed by atoms with Crippen molar-refractivity contribution in [2.75, 3.05) is 6.54 Å². The Hall–Kier alpha value is -2.51. The molecule has 8 nitrogen and oxygen atoms in total. The Morgan fingerprint density at radius 2 is 2.05 bits per heavy atom. The number of carboxylic acid groups (broad SMARTS) is 1. The molecular weight excluding hydrogens is 278 g/mol. The van der Waals surface area contributed by atoms with Gasteiger partial charge in [-0.15, -0.1) is 0 Å². The van der Waals surface area contributed by atoms with Crippen LogP contribution in [0.25, 0.3) is 0 Å². The van der Waals surface area contributed by atoms with Crippen molar-refractivity contribution in [1.29, 1.82) is 0 Å². The molecule has 1 aliphatic rings. The first-order valence-corrected chi connectivity index (χ1v) is 6.59. The summed E-state index contributed by atoms with van der Waals surface area (Å²) in [5.74, 6) is -0.690. The first-order chi connectivity index (χ1) is 9.95. The van der Waals surface area contributed by atoms with Crippen LogP contribution < -0.4 is 16.0 Å². The van der Waals surface area contributed by atoms with Crippen LogP contribution in [0, 0.1) is 6.92 Å². The molecule has 8 heteroatoms. The summed E-state index contributed by atoms with van der Waals surface area (Å²) < 4.78 is 5.21. The van der Waals surface area contributed by atoms with Gasteiger partial charge in [-0.05, 0) is 25.8 Å². The molecule has 1 heterocycles. The van der Waals surface area contributed by atoms with Gasteiger partial charge in [-0.2, -0.15) is 0 Å². The first-order valence-electron chi connectivity index (χ1n) is 6.59. The maximum absolute atomic E-state index is 11.5. The van der Waals surface area contributed by atoms with Crippen molar-refractivity contribution in [3.05, 3.63) is 23.2 Å². The Morgan fingerprint density at radius 1 is 1.33 bits per heavy atom. The molecule has 0 saturated heterocycles. The van der Waals surface area contributed by atoms with E-state index in [9.17, 15) is 14.4 Å². The Labute approximate surface area is 120 Å². The van der Waals surface area contributed by atoms with E-state index in [0.717, 1.165) is 12.8 Å². The van der Waals surface area contributed by atoms with E-state index in [1.165, 1.54) is 13.0 Å². The van der Waals surface area contributed by atoms with E-state index in [1.807, 2.05) is 0 Å². The lowest BCUT2D eigenvalue weighted by Crippen LogP contribution is -2.42. The molecule has 1 fully saturated rings. The second-order valence-electron chi connectivity index (χ2n) is 4.87. The van der Waals surface area contributed by atoms with Crippen LogP contribution in [0.15, 0.2) is 10.5 Å². The van der Waals surface area contributed by atoms with Crippen LogP contribution in [0.1, 0.15) is 34.7 Å². The molecule has 0 unspecified atom stereocenters. The summed E-state index contributed by atoms with van der Waals surface area (Å²) in [5, 5.41) is 16.5. The molecule has 0 bridgehead atoms.